The van der Waals surface area contributed by atoms with Gasteiger partial charge in [0.2, 0.25) is 0 Å². The van der Waals surface area contributed by atoms with Crippen molar-refractivity contribution in [2.24, 2.45) is 0 Å². The first-order valence-electron chi connectivity index (χ1n) is 8.51. The molecular formula is C17H22N4O5S. The van der Waals surface area contributed by atoms with Gasteiger partial charge in [0, 0.05) is 31.1 Å². The second kappa shape index (κ2) is 7.28. The normalized spacial score (nSPS) is 17.9. The Bertz CT molecular complexity index is 970. The molecule has 1 aliphatic rings. The van der Waals surface area contributed by atoms with Crippen LogP contribution >= 0.6 is 0 Å². The number of nitro groups is 1. The van der Waals surface area contributed by atoms with Crippen molar-refractivity contribution in [1.82, 2.24) is 9.78 Å². The van der Waals surface area contributed by atoms with E-state index in [2.05, 4.69) is 5.10 Å². The summed E-state index contributed by atoms with van der Waals surface area (Å²) in [5.41, 5.74) is 2.13. The van der Waals surface area contributed by atoms with Gasteiger partial charge in [-0.1, -0.05) is 0 Å². The Morgan fingerprint density at radius 1 is 1.33 bits per heavy atom. The maximum absolute atomic E-state index is 11.7. The van der Waals surface area contributed by atoms with Crippen LogP contribution in [0.1, 0.15) is 11.4 Å². The fourth-order valence-electron chi connectivity index (χ4n) is 3.25. The second-order valence-corrected chi connectivity index (χ2v) is 8.74. The molecule has 1 saturated heterocycles. The molecule has 1 atom stereocenters. The van der Waals surface area contributed by atoms with Crippen LogP contribution in [0.5, 0.6) is 0 Å². The second-order valence-electron chi connectivity index (χ2n) is 6.73. The minimum absolute atomic E-state index is 0.0644. The van der Waals surface area contributed by atoms with Crippen molar-refractivity contribution in [3.05, 3.63) is 45.8 Å². The predicted octanol–water partition coefficient (Wildman–Crippen LogP) is 1.72. The minimum atomic E-state index is -3.52. The zero-order valence-electron chi connectivity index (χ0n) is 15.5. The molecule has 9 nitrogen and oxygen atoms in total. The van der Waals surface area contributed by atoms with Gasteiger partial charge in [0.15, 0.2) is 9.84 Å². The Hall–Kier alpha value is -2.46. The number of aryl methyl sites for hydroxylation is 2. The predicted molar refractivity (Wildman–Crippen MR) is 99.9 cm³/mol. The molecule has 0 amide bonds. The first-order valence-corrected chi connectivity index (χ1v) is 10.4. The molecule has 0 aliphatic carbocycles. The van der Waals surface area contributed by atoms with Crippen molar-refractivity contribution < 1.29 is 18.1 Å². The number of aromatic nitrogens is 2. The molecule has 0 N–H and O–H groups in total. The summed E-state index contributed by atoms with van der Waals surface area (Å²) in [7, 11) is -3.52. The summed E-state index contributed by atoms with van der Waals surface area (Å²) in [6.07, 6.45) is 0.858. The number of rotatable bonds is 5. The molecule has 1 aromatic carbocycles. The van der Waals surface area contributed by atoms with Gasteiger partial charge in [0.25, 0.3) is 5.69 Å². The Morgan fingerprint density at radius 3 is 2.67 bits per heavy atom. The molecule has 0 spiro atoms. The van der Waals surface area contributed by atoms with E-state index in [1.165, 1.54) is 12.1 Å². The number of nitrogens with zero attached hydrogens (tertiary/aromatic N) is 4. The summed E-state index contributed by atoms with van der Waals surface area (Å²) in [6.45, 7) is 5.81. The lowest BCUT2D eigenvalue weighted by molar-refractivity contribution is -0.384. The lowest BCUT2D eigenvalue weighted by atomic mass is 10.2. The van der Waals surface area contributed by atoms with Gasteiger partial charge >= 0.3 is 0 Å². The molecule has 27 heavy (non-hydrogen) atoms. The summed E-state index contributed by atoms with van der Waals surface area (Å²) in [5, 5.41) is 15.9. The minimum Gasteiger partial charge on any atom is -0.373 e. The molecule has 0 bridgehead atoms. The average Bonchev–Trinajstić information content (AvgIpc) is 2.91. The van der Waals surface area contributed by atoms with Gasteiger partial charge in [0.05, 0.1) is 34.8 Å². The maximum Gasteiger partial charge on any atom is 0.293 e. The van der Waals surface area contributed by atoms with Crippen LogP contribution in [-0.4, -0.2) is 55.2 Å². The van der Waals surface area contributed by atoms with E-state index in [0.29, 0.717) is 31.9 Å². The van der Waals surface area contributed by atoms with E-state index >= 15 is 0 Å². The van der Waals surface area contributed by atoms with Crippen LogP contribution in [0, 0.1) is 24.0 Å². The summed E-state index contributed by atoms with van der Waals surface area (Å²) in [6, 6.07) is 6.01. The first-order chi connectivity index (χ1) is 12.6. The monoisotopic (exact) mass is 394 g/mol. The lowest BCUT2D eigenvalue weighted by Gasteiger charge is -2.34. The number of anilines is 1. The van der Waals surface area contributed by atoms with E-state index < -0.39 is 14.8 Å². The Balaban J connectivity index is 1.85. The number of benzene rings is 1. The number of hydrogen-bond donors (Lipinski definition) is 0. The first kappa shape index (κ1) is 19.3. The summed E-state index contributed by atoms with van der Waals surface area (Å²) in [5.74, 6) is 0. The van der Waals surface area contributed by atoms with Crippen LogP contribution < -0.4 is 4.90 Å². The molecule has 10 heteroatoms. The molecule has 0 saturated carbocycles. The van der Waals surface area contributed by atoms with E-state index in [4.69, 9.17) is 4.74 Å². The van der Waals surface area contributed by atoms with Crippen molar-refractivity contribution in [2.75, 3.05) is 30.9 Å². The fraction of sp³-hybridized carbons (Fsp3) is 0.471. The highest BCUT2D eigenvalue weighted by Gasteiger charge is 2.28. The molecule has 1 aromatic heterocycles. The van der Waals surface area contributed by atoms with Crippen LogP contribution in [0.4, 0.5) is 11.4 Å². The van der Waals surface area contributed by atoms with E-state index in [-0.39, 0.29) is 16.7 Å². The lowest BCUT2D eigenvalue weighted by Crippen LogP contribution is -2.44. The van der Waals surface area contributed by atoms with Gasteiger partial charge in [-0.2, -0.15) is 5.10 Å². The molecular weight excluding hydrogens is 372 g/mol. The number of morpholine rings is 1. The molecule has 3 rings (SSSR count). The van der Waals surface area contributed by atoms with Crippen molar-refractivity contribution in [2.45, 2.75) is 31.4 Å². The van der Waals surface area contributed by atoms with Gasteiger partial charge in [-0.05, 0) is 32.0 Å². The highest BCUT2D eigenvalue weighted by Crippen LogP contribution is 2.32. The summed E-state index contributed by atoms with van der Waals surface area (Å²) in [4.78, 5) is 12.8. The van der Waals surface area contributed by atoms with Crippen LogP contribution in [0.15, 0.2) is 29.2 Å². The summed E-state index contributed by atoms with van der Waals surface area (Å²) < 4.78 is 31.1. The van der Waals surface area contributed by atoms with Crippen LogP contribution in [0.3, 0.4) is 0 Å². The van der Waals surface area contributed by atoms with Crippen molar-refractivity contribution in [1.29, 1.82) is 0 Å². The fourth-order valence-corrected chi connectivity index (χ4v) is 3.89. The SMILES string of the molecule is Cc1cc(C)n(CC2CN(c3ccc(S(C)(=O)=O)cc3[N+](=O)[O-])CCO2)n1. The van der Waals surface area contributed by atoms with Crippen LogP contribution in [0.25, 0.3) is 0 Å². The van der Waals surface area contributed by atoms with E-state index in [1.807, 2.05) is 29.5 Å². The number of ether oxygens (including phenoxy) is 1. The largest absolute Gasteiger partial charge is 0.373 e. The Kier molecular flexibility index (Phi) is 5.20. The van der Waals surface area contributed by atoms with Gasteiger partial charge in [-0.3, -0.25) is 14.8 Å². The van der Waals surface area contributed by atoms with E-state index in [1.54, 1.807) is 0 Å². The van der Waals surface area contributed by atoms with Crippen molar-refractivity contribution >= 4 is 21.2 Å². The average molecular weight is 394 g/mol. The maximum atomic E-state index is 11.7. The van der Waals surface area contributed by atoms with Gasteiger partial charge in [-0.15, -0.1) is 0 Å². The van der Waals surface area contributed by atoms with Crippen molar-refractivity contribution in [3.63, 3.8) is 0 Å². The smallest absolute Gasteiger partial charge is 0.293 e. The van der Waals surface area contributed by atoms with E-state index in [9.17, 15) is 18.5 Å². The number of nitro benzene ring substituents is 1. The topological polar surface area (TPSA) is 108 Å². The highest BCUT2D eigenvalue weighted by molar-refractivity contribution is 7.90. The molecule has 1 fully saturated rings. The third-order valence-electron chi connectivity index (χ3n) is 4.53. The highest BCUT2D eigenvalue weighted by atomic mass is 32.2. The van der Waals surface area contributed by atoms with Gasteiger partial charge < -0.3 is 9.64 Å². The van der Waals surface area contributed by atoms with Crippen LogP contribution in [-0.2, 0) is 21.1 Å². The summed E-state index contributed by atoms with van der Waals surface area (Å²) >= 11 is 0. The molecule has 146 valence electrons. The van der Waals surface area contributed by atoms with Crippen molar-refractivity contribution in [3.8, 4) is 0 Å². The molecule has 2 heterocycles. The zero-order valence-corrected chi connectivity index (χ0v) is 16.3. The third-order valence-corrected chi connectivity index (χ3v) is 5.64. The molecule has 1 aliphatic heterocycles. The van der Waals surface area contributed by atoms with Gasteiger partial charge in [0.1, 0.15) is 5.69 Å². The standard InChI is InChI=1S/C17H22N4O5S/c1-12-8-13(2)20(18-12)11-14-10-19(6-7-26-14)16-5-4-15(27(3,24)25)9-17(16)21(22)23/h4-5,8-9,14H,6-7,10-11H2,1-3H3. The molecule has 1 unspecified atom stereocenters. The van der Waals surface area contributed by atoms with E-state index in [0.717, 1.165) is 23.7 Å². The number of hydrogen-bond acceptors (Lipinski definition) is 7. The Morgan fingerprint density at radius 2 is 2.07 bits per heavy atom. The third kappa shape index (κ3) is 4.28. The van der Waals surface area contributed by atoms with Gasteiger partial charge in [-0.25, -0.2) is 8.42 Å². The van der Waals surface area contributed by atoms with Crippen LogP contribution in [0.2, 0.25) is 0 Å². The number of sulfone groups is 1. The molecule has 2 aromatic rings. The Labute approximate surface area is 157 Å². The molecule has 0 radical (unpaired) electrons. The quantitative estimate of drug-likeness (QED) is 0.561. The zero-order chi connectivity index (χ0) is 19.8.